The van der Waals surface area contributed by atoms with Gasteiger partial charge in [0.25, 0.3) is 0 Å². The van der Waals surface area contributed by atoms with Gasteiger partial charge in [0.05, 0.1) is 6.54 Å². The first-order valence-corrected chi connectivity index (χ1v) is 7.65. The monoisotopic (exact) mass is 304 g/mol. The highest BCUT2D eigenvalue weighted by atomic mass is 16.2. The summed E-state index contributed by atoms with van der Waals surface area (Å²) < 4.78 is 0. The minimum atomic E-state index is -0.358. The molecule has 0 spiro atoms. The lowest BCUT2D eigenvalue weighted by atomic mass is 10.2. The first-order chi connectivity index (χ1) is 10.6. The van der Waals surface area contributed by atoms with Crippen molar-refractivity contribution in [1.82, 2.24) is 15.5 Å². The Kier molecular flexibility index (Phi) is 5.77. The van der Waals surface area contributed by atoms with Crippen LogP contribution >= 0.6 is 0 Å². The van der Waals surface area contributed by atoms with E-state index in [1.807, 2.05) is 43.1 Å². The molecule has 1 heterocycles. The van der Waals surface area contributed by atoms with Crippen molar-refractivity contribution in [1.29, 1.82) is 0 Å². The van der Waals surface area contributed by atoms with Gasteiger partial charge in [0, 0.05) is 24.8 Å². The van der Waals surface area contributed by atoms with Crippen LogP contribution in [0.1, 0.15) is 18.4 Å². The number of nitrogens with zero attached hydrogens (tertiary/aromatic N) is 1. The van der Waals surface area contributed by atoms with Gasteiger partial charge < -0.3 is 20.9 Å². The minimum absolute atomic E-state index is 0.0257. The van der Waals surface area contributed by atoms with Gasteiger partial charge in [-0.15, -0.1) is 0 Å². The quantitative estimate of drug-likeness (QED) is 0.768. The summed E-state index contributed by atoms with van der Waals surface area (Å²) in [6.45, 7) is 3.55. The largest absolute Gasteiger partial charge is 0.337 e. The summed E-state index contributed by atoms with van der Waals surface area (Å²) in [5, 5.41) is 8.46. The number of nitrogens with one attached hydrogen (secondary N) is 3. The zero-order chi connectivity index (χ0) is 15.9. The molecular weight excluding hydrogens is 280 g/mol. The number of amides is 3. The SMILES string of the molecule is CNCC1CCCN1C(=O)CNC(=O)Nc1cccc(C)c1. The van der Waals surface area contributed by atoms with Crippen molar-refractivity contribution in [2.75, 3.05) is 32.0 Å². The third-order valence-corrected chi connectivity index (χ3v) is 3.81. The molecule has 0 aliphatic carbocycles. The lowest BCUT2D eigenvalue weighted by Gasteiger charge is -2.24. The Morgan fingerprint density at radius 3 is 2.91 bits per heavy atom. The fourth-order valence-electron chi connectivity index (χ4n) is 2.77. The van der Waals surface area contributed by atoms with E-state index in [1.165, 1.54) is 0 Å². The lowest BCUT2D eigenvalue weighted by molar-refractivity contribution is -0.130. The van der Waals surface area contributed by atoms with E-state index in [9.17, 15) is 9.59 Å². The number of carbonyl (C=O) groups is 2. The van der Waals surface area contributed by atoms with Gasteiger partial charge in [-0.1, -0.05) is 12.1 Å². The number of carbonyl (C=O) groups excluding carboxylic acids is 2. The van der Waals surface area contributed by atoms with Crippen molar-refractivity contribution in [3.63, 3.8) is 0 Å². The Bertz CT molecular complexity index is 533. The molecule has 22 heavy (non-hydrogen) atoms. The van der Waals surface area contributed by atoms with Crippen molar-refractivity contribution in [3.05, 3.63) is 29.8 Å². The summed E-state index contributed by atoms with van der Waals surface area (Å²) in [6, 6.07) is 7.41. The summed E-state index contributed by atoms with van der Waals surface area (Å²) in [7, 11) is 1.88. The molecule has 6 nitrogen and oxygen atoms in total. The highest BCUT2D eigenvalue weighted by molar-refractivity contribution is 5.92. The molecule has 1 aromatic rings. The molecule has 1 atom stereocenters. The fourth-order valence-corrected chi connectivity index (χ4v) is 2.77. The second-order valence-corrected chi connectivity index (χ2v) is 5.62. The van der Waals surface area contributed by atoms with Crippen LogP contribution in [0.4, 0.5) is 10.5 Å². The molecule has 0 bridgehead atoms. The molecule has 2 rings (SSSR count). The minimum Gasteiger partial charge on any atom is -0.337 e. The number of urea groups is 1. The average molecular weight is 304 g/mol. The molecule has 3 N–H and O–H groups in total. The van der Waals surface area contributed by atoms with Crippen LogP contribution in [0.5, 0.6) is 0 Å². The van der Waals surface area contributed by atoms with E-state index in [4.69, 9.17) is 0 Å². The van der Waals surface area contributed by atoms with Crippen molar-refractivity contribution in [3.8, 4) is 0 Å². The first-order valence-electron chi connectivity index (χ1n) is 7.65. The molecule has 0 radical (unpaired) electrons. The van der Waals surface area contributed by atoms with Crippen LogP contribution in [-0.2, 0) is 4.79 Å². The molecule has 1 aromatic carbocycles. The van der Waals surface area contributed by atoms with Gasteiger partial charge in [-0.2, -0.15) is 0 Å². The Morgan fingerprint density at radius 2 is 2.18 bits per heavy atom. The fraction of sp³-hybridized carbons (Fsp3) is 0.500. The summed E-state index contributed by atoms with van der Waals surface area (Å²) >= 11 is 0. The molecule has 120 valence electrons. The van der Waals surface area contributed by atoms with E-state index in [0.29, 0.717) is 0 Å². The number of likely N-dealkylation sites (N-methyl/N-ethyl adjacent to an activating group) is 1. The van der Waals surface area contributed by atoms with Gasteiger partial charge in [-0.25, -0.2) is 4.79 Å². The molecule has 3 amide bonds. The number of hydrogen-bond acceptors (Lipinski definition) is 3. The number of aryl methyl sites for hydroxylation is 1. The van der Waals surface area contributed by atoms with E-state index < -0.39 is 0 Å². The second-order valence-electron chi connectivity index (χ2n) is 5.62. The van der Waals surface area contributed by atoms with Gasteiger partial charge in [-0.3, -0.25) is 4.79 Å². The Hall–Kier alpha value is -2.08. The zero-order valence-corrected chi connectivity index (χ0v) is 13.2. The van der Waals surface area contributed by atoms with Crippen LogP contribution in [0.2, 0.25) is 0 Å². The lowest BCUT2D eigenvalue weighted by Crippen LogP contribution is -2.46. The normalized spacial score (nSPS) is 17.4. The highest BCUT2D eigenvalue weighted by Crippen LogP contribution is 2.16. The topological polar surface area (TPSA) is 73.5 Å². The maximum absolute atomic E-state index is 12.2. The number of anilines is 1. The maximum atomic E-state index is 12.2. The third-order valence-electron chi connectivity index (χ3n) is 3.81. The molecule has 1 aliphatic rings. The molecular formula is C16H24N4O2. The van der Waals surface area contributed by atoms with Crippen molar-refractivity contribution in [2.45, 2.75) is 25.8 Å². The van der Waals surface area contributed by atoms with E-state index in [0.717, 1.165) is 37.2 Å². The predicted molar refractivity (Wildman–Crippen MR) is 86.9 cm³/mol. The zero-order valence-electron chi connectivity index (χ0n) is 13.2. The Balaban J connectivity index is 1.79. The van der Waals surface area contributed by atoms with E-state index >= 15 is 0 Å². The van der Waals surface area contributed by atoms with Crippen LogP contribution in [0, 0.1) is 6.92 Å². The standard InChI is InChI=1S/C16H24N4O2/c1-12-5-3-6-13(9-12)19-16(22)18-11-15(21)20-8-4-7-14(20)10-17-2/h3,5-6,9,14,17H,4,7-8,10-11H2,1-2H3,(H2,18,19,22). The van der Waals surface area contributed by atoms with Gasteiger partial charge >= 0.3 is 6.03 Å². The van der Waals surface area contributed by atoms with Crippen LogP contribution in [0.15, 0.2) is 24.3 Å². The smallest absolute Gasteiger partial charge is 0.319 e. The van der Waals surface area contributed by atoms with Crippen LogP contribution in [0.25, 0.3) is 0 Å². The Labute approximate surface area is 131 Å². The molecule has 1 aliphatic heterocycles. The molecule has 6 heteroatoms. The van der Waals surface area contributed by atoms with Crippen LogP contribution < -0.4 is 16.0 Å². The number of likely N-dealkylation sites (tertiary alicyclic amines) is 1. The number of hydrogen-bond donors (Lipinski definition) is 3. The third kappa shape index (κ3) is 4.46. The summed E-state index contributed by atoms with van der Waals surface area (Å²) in [6.07, 6.45) is 2.04. The molecule has 0 saturated carbocycles. The van der Waals surface area contributed by atoms with Crippen molar-refractivity contribution in [2.24, 2.45) is 0 Å². The van der Waals surface area contributed by atoms with Crippen LogP contribution in [-0.4, -0.2) is 49.6 Å². The van der Waals surface area contributed by atoms with E-state index in [-0.39, 0.29) is 24.5 Å². The van der Waals surface area contributed by atoms with Gasteiger partial charge in [-0.05, 0) is 44.5 Å². The summed E-state index contributed by atoms with van der Waals surface area (Å²) in [4.78, 5) is 25.9. The van der Waals surface area contributed by atoms with Gasteiger partial charge in [0.1, 0.15) is 0 Å². The van der Waals surface area contributed by atoms with E-state index in [1.54, 1.807) is 0 Å². The molecule has 1 saturated heterocycles. The van der Waals surface area contributed by atoms with E-state index in [2.05, 4.69) is 16.0 Å². The number of rotatable bonds is 5. The van der Waals surface area contributed by atoms with Gasteiger partial charge in [0.15, 0.2) is 0 Å². The summed E-state index contributed by atoms with van der Waals surface area (Å²) in [5.74, 6) is -0.0304. The van der Waals surface area contributed by atoms with Crippen molar-refractivity contribution >= 4 is 17.6 Å². The molecule has 1 unspecified atom stereocenters. The van der Waals surface area contributed by atoms with Gasteiger partial charge in [0.2, 0.25) is 5.91 Å². The average Bonchev–Trinajstić information content (AvgIpc) is 2.93. The molecule has 0 aromatic heterocycles. The van der Waals surface area contributed by atoms with Crippen molar-refractivity contribution < 1.29 is 9.59 Å². The van der Waals surface area contributed by atoms with Crippen LogP contribution in [0.3, 0.4) is 0 Å². The second kappa shape index (κ2) is 7.79. The number of benzene rings is 1. The predicted octanol–water partition coefficient (Wildman–Crippen LogP) is 1.33. The maximum Gasteiger partial charge on any atom is 0.319 e. The molecule has 1 fully saturated rings. The Morgan fingerprint density at radius 1 is 1.36 bits per heavy atom. The highest BCUT2D eigenvalue weighted by Gasteiger charge is 2.27. The summed E-state index contributed by atoms with van der Waals surface area (Å²) in [5.41, 5.74) is 1.79. The first kappa shape index (κ1) is 16.3.